The van der Waals surface area contributed by atoms with Crippen LogP contribution in [0.5, 0.6) is 5.75 Å². The molecule has 1 aromatic heterocycles. The van der Waals surface area contributed by atoms with Crippen molar-refractivity contribution in [2.24, 2.45) is 0 Å². The first-order chi connectivity index (χ1) is 18.2. The maximum Gasteiger partial charge on any atom is 0.459 e. The van der Waals surface area contributed by atoms with Crippen molar-refractivity contribution in [3.63, 3.8) is 0 Å². The summed E-state index contributed by atoms with van der Waals surface area (Å²) in [5.41, 5.74) is -2.78. The van der Waals surface area contributed by atoms with E-state index in [9.17, 15) is 24.4 Å². The standard InChI is InChI=1S/C25H35FN3O9P/c1-6-18(7-2)36-20(30)17(4)28-39(34,38-19-11-9-8-10-12-19)35-15-25(26)21(31)24(5,33)22(37-25)29-14-13-16(3)27-23(29)32/h8-14,17-18,21-22,31,33H,6-7,15H2,1-5H3,(H,28,34)/t17-,21-,22+,24+,25+,39-/m0/s1. The maximum atomic E-state index is 16.0. The summed E-state index contributed by atoms with van der Waals surface area (Å²) < 4.78 is 52.1. The number of benzene rings is 1. The molecule has 3 rings (SSSR count). The van der Waals surface area contributed by atoms with Crippen molar-refractivity contribution in [1.82, 2.24) is 14.6 Å². The predicted molar refractivity (Wildman–Crippen MR) is 138 cm³/mol. The van der Waals surface area contributed by atoms with Crippen LogP contribution in [0.2, 0.25) is 0 Å². The summed E-state index contributed by atoms with van der Waals surface area (Å²) >= 11 is 0. The second kappa shape index (κ2) is 12.2. The van der Waals surface area contributed by atoms with Crippen LogP contribution in [0.25, 0.3) is 0 Å². The Kier molecular flexibility index (Phi) is 9.69. The second-order valence-corrected chi connectivity index (χ2v) is 11.2. The van der Waals surface area contributed by atoms with E-state index in [-0.39, 0.29) is 11.9 Å². The van der Waals surface area contributed by atoms with Crippen LogP contribution in [0, 0.1) is 6.92 Å². The van der Waals surface area contributed by atoms with Crippen LogP contribution in [0.15, 0.2) is 47.4 Å². The molecule has 12 nitrogen and oxygen atoms in total. The Labute approximate surface area is 225 Å². The lowest BCUT2D eigenvalue weighted by molar-refractivity contribution is -0.204. The summed E-state index contributed by atoms with van der Waals surface area (Å²) in [6.07, 6.45) is -1.91. The number of aryl methyl sites for hydroxylation is 1. The largest absolute Gasteiger partial charge is 0.461 e. The van der Waals surface area contributed by atoms with Gasteiger partial charge in [0.2, 0.25) is 0 Å². The lowest BCUT2D eigenvalue weighted by Gasteiger charge is -2.29. The van der Waals surface area contributed by atoms with Crippen LogP contribution >= 0.6 is 7.75 Å². The number of carbonyl (C=O) groups is 1. The van der Waals surface area contributed by atoms with Crippen molar-refractivity contribution in [2.75, 3.05) is 6.61 Å². The molecule has 0 spiro atoms. The van der Waals surface area contributed by atoms with Crippen molar-refractivity contribution in [1.29, 1.82) is 0 Å². The SMILES string of the molecule is CCC(CC)OC(=O)[C@H](C)N[P@](=O)(OC[C@@]1(F)O[C@@H](n2ccc(C)nc2=O)[C@](C)(O)[C@@H]1O)Oc1ccccc1. The Bertz CT molecular complexity index is 1240. The highest BCUT2D eigenvalue weighted by Crippen LogP contribution is 2.50. The van der Waals surface area contributed by atoms with Crippen LogP contribution in [0.4, 0.5) is 4.39 Å². The molecule has 3 N–H and O–H groups in total. The van der Waals surface area contributed by atoms with E-state index >= 15 is 4.39 Å². The molecule has 1 aliphatic rings. The van der Waals surface area contributed by atoms with E-state index in [2.05, 4.69) is 10.1 Å². The average molecular weight is 572 g/mol. The van der Waals surface area contributed by atoms with Gasteiger partial charge >= 0.3 is 19.4 Å². The number of nitrogens with one attached hydrogen (secondary N) is 1. The van der Waals surface area contributed by atoms with E-state index in [4.69, 9.17) is 18.5 Å². The molecule has 6 atom stereocenters. The van der Waals surface area contributed by atoms with E-state index < -0.39 is 55.8 Å². The number of ether oxygens (including phenoxy) is 2. The molecule has 1 aliphatic heterocycles. The molecule has 1 fully saturated rings. The zero-order valence-electron chi connectivity index (χ0n) is 22.4. The Morgan fingerprint density at radius 3 is 2.51 bits per heavy atom. The van der Waals surface area contributed by atoms with Crippen molar-refractivity contribution in [2.45, 2.75) is 83.4 Å². The molecule has 1 aromatic carbocycles. The number of hydrogen-bond acceptors (Lipinski definition) is 10. The zero-order valence-corrected chi connectivity index (χ0v) is 23.3. The maximum absolute atomic E-state index is 16.0. The number of aromatic nitrogens is 2. The summed E-state index contributed by atoms with van der Waals surface area (Å²) in [4.78, 5) is 28.7. The van der Waals surface area contributed by atoms with Crippen LogP contribution in [-0.4, -0.2) is 62.0 Å². The fraction of sp³-hybridized carbons (Fsp3) is 0.560. The number of esters is 1. The van der Waals surface area contributed by atoms with Crippen molar-refractivity contribution < 1.29 is 42.5 Å². The Morgan fingerprint density at radius 2 is 1.92 bits per heavy atom. The molecule has 0 saturated carbocycles. The van der Waals surface area contributed by atoms with E-state index in [1.165, 1.54) is 31.3 Å². The first kappa shape index (κ1) is 30.9. The molecule has 216 valence electrons. The van der Waals surface area contributed by atoms with Gasteiger partial charge in [-0.2, -0.15) is 10.1 Å². The van der Waals surface area contributed by atoms with Crippen LogP contribution in [0.3, 0.4) is 0 Å². The lowest BCUT2D eigenvalue weighted by atomic mass is 9.95. The molecule has 0 amide bonds. The second-order valence-electron chi connectivity index (χ2n) is 9.54. The summed E-state index contributed by atoms with van der Waals surface area (Å²) in [6.45, 7) is 6.51. The molecule has 2 heterocycles. The van der Waals surface area contributed by atoms with Crippen molar-refractivity contribution in [3.8, 4) is 5.75 Å². The number of aliphatic hydroxyl groups excluding tert-OH is 1. The van der Waals surface area contributed by atoms with Gasteiger partial charge in [0.15, 0.2) is 6.23 Å². The lowest BCUT2D eigenvalue weighted by Crippen LogP contribution is -2.50. The molecule has 39 heavy (non-hydrogen) atoms. The molecular weight excluding hydrogens is 536 g/mol. The van der Waals surface area contributed by atoms with E-state index in [0.717, 1.165) is 11.5 Å². The minimum absolute atomic E-state index is 0.0804. The topological polar surface area (TPSA) is 158 Å². The average Bonchev–Trinajstić information content (AvgIpc) is 3.06. The van der Waals surface area contributed by atoms with E-state index in [1.54, 1.807) is 25.1 Å². The summed E-state index contributed by atoms with van der Waals surface area (Å²) in [7, 11) is -4.53. The minimum Gasteiger partial charge on any atom is -0.461 e. The molecule has 14 heteroatoms. The third-order valence-corrected chi connectivity index (χ3v) is 7.91. The van der Waals surface area contributed by atoms with Gasteiger partial charge in [0.25, 0.3) is 5.85 Å². The van der Waals surface area contributed by atoms with Crippen molar-refractivity contribution in [3.05, 3.63) is 58.8 Å². The third kappa shape index (κ3) is 7.10. The molecule has 0 bridgehead atoms. The molecule has 2 aromatic rings. The number of alkyl halides is 1. The van der Waals surface area contributed by atoms with E-state index in [1.807, 2.05) is 13.8 Å². The van der Waals surface area contributed by atoms with Gasteiger partial charge in [0.1, 0.15) is 36.2 Å². The van der Waals surface area contributed by atoms with Crippen molar-refractivity contribution >= 4 is 13.7 Å². The van der Waals surface area contributed by atoms with Gasteiger partial charge < -0.3 is 24.2 Å². The third-order valence-electron chi connectivity index (χ3n) is 6.29. The Hall–Kier alpha value is -2.67. The highest BCUT2D eigenvalue weighted by atomic mass is 31.2. The monoisotopic (exact) mass is 571 g/mol. The van der Waals surface area contributed by atoms with Gasteiger partial charge in [0.05, 0.1) is 0 Å². The molecule has 1 saturated heterocycles. The van der Waals surface area contributed by atoms with Gasteiger partial charge in [-0.1, -0.05) is 32.0 Å². The fourth-order valence-corrected chi connectivity index (χ4v) is 5.47. The van der Waals surface area contributed by atoms with Gasteiger partial charge in [-0.25, -0.2) is 13.8 Å². The Balaban J connectivity index is 1.84. The molecule has 0 radical (unpaired) electrons. The highest BCUT2D eigenvalue weighted by molar-refractivity contribution is 7.52. The molecule has 0 aliphatic carbocycles. The fourth-order valence-electron chi connectivity index (χ4n) is 3.96. The number of para-hydroxylation sites is 1. The first-order valence-electron chi connectivity index (χ1n) is 12.5. The number of carbonyl (C=O) groups excluding carboxylic acids is 1. The quantitative estimate of drug-likeness (QED) is 0.254. The van der Waals surface area contributed by atoms with Crippen LogP contribution in [-0.2, 0) is 23.4 Å². The Morgan fingerprint density at radius 1 is 1.28 bits per heavy atom. The minimum atomic E-state index is -4.53. The number of aliphatic hydroxyl groups is 2. The smallest absolute Gasteiger partial charge is 0.459 e. The number of rotatable bonds is 12. The normalized spacial score (nSPS) is 27.2. The summed E-state index contributed by atoms with van der Waals surface area (Å²) in [5, 5.41) is 24.0. The number of hydrogen-bond donors (Lipinski definition) is 3. The first-order valence-corrected chi connectivity index (χ1v) is 14.1. The van der Waals surface area contributed by atoms with Crippen LogP contribution < -0.4 is 15.3 Å². The summed E-state index contributed by atoms with van der Waals surface area (Å²) in [6, 6.07) is 8.06. The predicted octanol–water partition coefficient (Wildman–Crippen LogP) is 2.77. The molecule has 0 unspecified atom stereocenters. The highest BCUT2D eigenvalue weighted by Gasteiger charge is 2.64. The van der Waals surface area contributed by atoms with Gasteiger partial charge in [-0.15, -0.1) is 0 Å². The zero-order chi connectivity index (χ0) is 29.0. The number of halogens is 1. The van der Waals surface area contributed by atoms with Gasteiger partial charge in [-0.05, 0) is 51.8 Å². The van der Waals surface area contributed by atoms with Gasteiger partial charge in [-0.3, -0.25) is 13.9 Å². The molecular formula is C25H35FN3O9P. The number of nitrogens with zero attached hydrogens (tertiary/aromatic N) is 2. The van der Waals surface area contributed by atoms with E-state index in [0.29, 0.717) is 18.5 Å². The van der Waals surface area contributed by atoms with Gasteiger partial charge in [0, 0.05) is 11.9 Å². The van der Waals surface area contributed by atoms with Crippen LogP contribution in [0.1, 0.15) is 52.5 Å². The summed E-state index contributed by atoms with van der Waals surface area (Å²) in [5.74, 6) is -3.79.